The van der Waals surface area contributed by atoms with Crippen molar-refractivity contribution >= 4 is 11.9 Å². The van der Waals surface area contributed by atoms with Crippen LogP contribution in [0, 0.1) is 0 Å². The lowest BCUT2D eigenvalue weighted by Gasteiger charge is -2.17. The van der Waals surface area contributed by atoms with Crippen molar-refractivity contribution in [3.63, 3.8) is 0 Å². The predicted molar refractivity (Wildman–Crippen MR) is 103 cm³/mol. The van der Waals surface area contributed by atoms with E-state index in [1.165, 1.54) is 6.20 Å². The minimum atomic E-state index is -1.19. The highest BCUT2D eigenvalue weighted by Gasteiger charge is 2.28. The lowest BCUT2D eigenvalue weighted by atomic mass is 10.1. The summed E-state index contributed by atoms with van der Waals surface area (Å²) < 4.78 is 21.2. The maximum absolute atomic E-state index is 12.5. The van der Waals surface area contributed by atoms with Crippen molar-refractivity contribution < 1.29 is 28.5 Å². The van der Waals surface area contributed by atoms with Crippen molar-refractivity contribution in [3.05, 3.63) is 48.7 Å². The zero-order valence-corrected chi connectivity index (χ0v) is 15.9. The topological polar surface area (TPSA) is 109 Å². The number of esters is 2. The summed E-state index contributed by atoms with van der Waals surface area (Å²) in [5.41, 5.74) is 6.09. The molecule has 0 bridgehead atoms. The molecular weight excluding hydrogens is 364 g/mol. The highest BCUT2D eigenvalue weighted by molar-refractivity contribution is 5.81. The highest BCUT2D eigenvalue weighted by Crippen LogP contribution is 2.35. The Morgan fingerprint density at radius 1 is 1.36 bits per heavy atom. The van der Waals surface area contributed by atoms with Gasteiger partial charge in [-0.15, -0.1) is 6.58 Å². The predicted octanol–water partition coefficient (Wildman–Crippen LogP) is 1.96. The molecular formula is C20H26N2O6. The molecule has 1 aliphatic heterocycles. The Bertz CT molecular complexity index is 719. The first kappa shape index (κ1) is 21.3. The van der Waals surface area contributed by atoms with Crippen LogP contribution in [0.2, 0.25) is 0 Å². The van der Waals surface area contributed by atoms with Gasteiger partial charge in [0.15, 0.2) is 11.5 Å². The molecule has 8 nitrogen and oxygen atoms in total. The number of rotatable bonds is 11. The van der Waals surface area contributed by atoms with Gasteiger partial charge in [0.2, 0.25) is 12.9 Å². The molecule has 28 heavy (non-hydrogen) atoms. The smallest absolute Gasteiger partial charge is 0.352 e. The van der Waals surface area contributed by atoms with Gasteiger partial charge in [0, 0.05) is 11.6 Å². The molecule has 2 rings (SSSR count). The summed E-state index contributed by atoms with van der Waals surface area (Å²) in [6, 6.07) is 4.59. The molecule has 0 spiro atoms. The number of ether oxygens (including phenoxy) is 4. The van der Waals surface area contributed by atoms with Crippen LogP contribution >= 0.6 is 0 Å². The van der Waals surface area contributed by atoms with Gasteiger partial charge in [0.1, 0.15) is 6.54 Å². The van der Waals surface area contributed by atoms with Crippen LogP contribution in [-0.4, -0.2) is 37.9 Å². The van der Waals surface area contributed by atoms with Gasteiger partial charge in [0.25, 0.3) is 0 Å². The summed E-state index contributed by atoms with van der Waals surface area (Å²) >= 11 is 0. The first-order valence-electron chi connectivity index (χ1n) is 9.09. The van der Waals surface area contributed by atoms with E-state index in [-0.39, 0.29) is 26.0 Å². The van der Waals surface area contributed by atoms with Crippen LogP contribution < -0.4 is 20.5 Å². The number of hydrogen-bond acceptors (Lipinski definition) is 8. The van der Waals surface area contributed by atoms with Gasteiger partial charge < -0.3 is 30.0 Å². The molecule has 0 radical (unpaired) electrons. The van der Waals surface area contributed by atoms with Crippen molar-refractivity contribution in [1.29, 1.82) is 0 Å². The molecule has 0 aliphatic carbocycles. The second-order valence-corrected chi connectivity index (χ2v) is 6.06. The van der Waals surface area contributed by atoms with Crippen LogP contribution in [0.3, 0.4) is 0 Å². The molecule has 2 unspecified atom stereocenters. The van der Waals surface area contributed by atoms with Gasteiger partial charge in [0.05, 0.1) is 6.61 Å². The number of nitrogens with one attached hydrogen (secondary N) is 1. The zero-order valence-electron chi connectivity index (χ0n) is 15.9. The van der Waals surface area contributed by atoms with E-state index in [2.05, 4.69) is 11.9 Å². The average Bonchev–Trinajstić information content (AvgIpc) is 3.17. The summed E-state index contributed by atoms with van der Waals surface area (Å²) in [5, 5.41) is 2.76. The first-order chi connectivity index (χ1) is 13.5. The summed E-state index contributed by atoms with van der Waals surface area (Å²) in [7, 11) is 0. The van der Waals surface area contributed by atoms with E-state index in [1.807, 2.05) is 6.92 Å². The number of unbranched alkanes of at least 4 members (excludes halogenated alkanes) is 1. The molecule has 0 amide bonds. The number of carbonyl (C=O) groups excluding carboxylic acids is 2. The minimum absolute atomic E-state index is 0.104. The standard InChI is InChI=1S/C20H26N2O6/c1-3-5-10-25-20(24)19(14-6-7-16-17(11-14)27-13-26-16)28-18(23)12-22-9-8-15(21)4-2/h4,6-9,11,15,19,22H,2-3,5,10,12-13,21H2,1H3/b9-8-. The number of benzene rings is 1. The molecule has 1 heterocycles. The van der Waals surface area contributed by atoms with E-state index in [9.17, 15) is 9.59 Å². The molecule has 1 aromatic carbocycles. The molecule has 3 N–H and O–H groups in total. The van der Waals surface area contributed by atoms with Gasteiger partial charge >= 0.3 is 11.9 Å². The summed E-state index contributed by atoms with van der Waals surface area (Å²) in [6.07, 6.45) is 5.13. The molecule has 2 atom stereocenters. The lowest BCUT2D eigenvalue weighted by Crippen LogP contribution is -2.27. The van der Waals surface area contributed by atoms with Crippen LogP contribution in [0.5, 0.6) is 11.5 Å². The maximum atomic E-state index is 12.5. The van der Waals surface area contributed by atoms with Crippen molar-refractivity contribution in [1.82, 2.24) is 5.32 Å². The molecule has 1 aliphatic rings. The van der Waals surface area contributed by atoms with E-state index in [0.29, 0.717) is 17.1 Å². The van der Waals surface area contributed by atoms with Crippen molar-refractivity contribution in [2.24, 2.45) is 5.73 Å². The zero-order chi connectivity index (χ0) is 20.4. The average molecular weight is 390 g/mol. The Kier molecular flexibility index (Phi) is 8.36. The SMILES string of the molecule is C=CC(N)/C=C\NCC(=O)OC(C(=O)OCCCC)c1ccc2c(c1)OCO2. The third-order valence-corrected chi connectivity index (χ3v) is 3.86. The fourth-order valence-electron chi connectivity index (χ4n) is 2.29. The summed E-state index contributed by atoms with van der Waals surface area (Å²) in [5.74, 6) is -0.199. The van der Waals surface area contributed by atoms with Gasteiger partial charge in [-0.25, -0.2) is 4.79 Å². The molecule has 0 saturated heterocycles. The maximum Gasteiger partial charge on any atom is 0.352 e. The summed E-state index contributed by atoms with van der Waals surface area (Å²) in [4.78, 5) is 24.7. The normalized spacial score (nSPS) is 14.4. The van der Waals surface area contributed by atoms with E-state index in [1.54, 1.807) is 30.4 Å². The Morgan fingerprint density at radius 2 is 2.14 bits per heavy atom. The van der Waals surface area contributed by atoms with Crippen molar-refractivity contribution in [3.8, 4) is 11.5 Å². The van der Waals surface area contributed by atoms with Crippen molar-refractivity contribution in [2.45, 2.75) is 31.9 Å². The van der Waals surface area contributed by atoms with E-state index >= 15 is 0 Å². The van der Waals surface area contributed by atoms with Gasteiger partial charge in [-0.2, -0.15) is 0 Å². The van der Waals surface area contributed by atoms with Crippen LogP contribution in [-0.2, 0) is 19.1 Å². The molecule has 8 heteroatoms. The van der Waals surface area contributed by atoms with Crippen LogP contribution in [0.4, 0.5) is 0 Å². The van der Waals surface area contributed by atoms with Crippen molar-refractivity contribution in [2.75, 3.05) is 19.9 Å². The Morgan fingerprint density at radius 3 is 2.89 bits per heavy atom. The van der Waals surface area contributed by atoms with Crippen LogP contribution in [0.25, 0.3) is 0 Å². The monoisotopic (exact) mass is 390 g/mol. The molecule has 0 fully saturated rings. The second kappa shape index (κ2) is 11.0. The van der Waals surface area contributed by atoms with E-state index in [0.717, 1.165) is 12.8 Å². The first-order valence-corrected chi connectivity index (χ1v) is 9.09. The van der Waals surface area contributed by atoms with Gasteiger partial charge in [-0.3, -0.25) is 4.79 Å². The highest BCUT2D eigenvalue weighted by atomic mass is 16.7. The van der Waals surface area contributed by atoms with Crippen LogP contribution in [0.1, 0.15) is 31.4 Å². The number of hydrogen-bond donors (Lipinski definition) is 2. The fraction of sp³-hybridized carbons (Fsp3) is 0.400. The Balaban J connectivity index is 2.03. The largest absolute Gasteiger partial charge is 0.463 e. The van der Waals surface area contributed by atoms with E-state index in [4.69, 9.17) is 24.7 Å². The van der Waals surface area contributed by atoms with E-state index < -0.39 is 18.0 Å². The molecule has 0 aromatic heterocycles. The fourth-order valence-corrected chi connectivity index (χ4v) is 2.29. The van der Waals surface area contributed by atoms with Gasteiger partial charge in [-0.1, -0.05) is 25.5 Å². The lowest BCUT2D eigenvalue weighted by molar-refractivity contribution is -0.168. The molecule has 0 saturated carbocycles. The Labute approximate surface area is 164 Å². The third-order valence-electron chi connectivity index (χ3n) is 3.86. The second-order valence-electron chi connectivity index (χ2n) is 6.06. The number of carbonyl (C=O) groups is 2. The minimum Gasteiger partial charge on any atom is -0.463 e. The third kappa shape index (κ3) is 6.31. The summed E-state index contributed by atoms with van der Waals surface area (Å²) in [6.45, 7) is 5.77. The van der Waals surface area contributed by atoms with Gasteiger partial charge in [-0.05, 0) is 30.8 Å². The Hall–Kier alpha value is -3.00. The molecule has 152 valence electrons. The number of fused-ring (bicyclic) bond motifs is 1. The molecule has 1 aromatic rings. The quantitative estimate of drug-likeness (QED) is 0.335. The number of nitrogens with two attached hydrogens (primary N) is 1. The van der Waals surface area contributed by atoms with Crippen LogP contribution in [0.15, 0.2) is 43.1 Å².